The van der Waals surface area contributed by atoms with Crippen molar-refractivity contribution in [1.29, 1.82) is 0 Å². The van der Waals surface area contributed by atoms with Gasteiger partial charge in [-0.1, -0.05) is 11.6 Å². The molecule has 1 atom stereocenters. The maximum absolute atomic E-state index is 11.7. The predicted octanol–water partition coefficient (Wildman–Crippen LogP) is -0.126. The van der Waals surface area contributed by atoms with Gasteiger partial charge in [0.1, 0.15) is 18.9 Å². The van der Waals surface area contributed by atoms with Crippen LogP contribution in [-0.4, -0.2) is 51.1 Å². The zero-order valence-electron chi connectivity index (χ0n) is 13.8. The third-order valence-corrected chi connectivity index (χ3v) is 3.22. The molecule has 0 bridgehead atoms. The van der Waals surface area contributed by atoms with Crippen LogP contribution in [0.2, 0.25) is 5.02 Å². The highest BCUT2D eigenvalue weighted by Crippen LogP contribution is 2.14. The molecule has 23 heavy (non-hydrogen) atoms. The molecular formula is C16H25ClN3O3+. The summed E-state index contributed by atoms with van der Waals surface area (Å²) in [5.74, 6) is 0.405. The number of ether oxygens (including phenoxy) is 1. The lowest BCUT2D eigenvalue weighted by Gasteiger charge is -2.14. The number of amides is 2. The number of hydrogen-bond acceptors (Lipinski definition) is 3. The third-order valence-electron chi connectivity index (χ3n) is 2.97. The van der Waals surface area contributed by atoms with Gasteiger partial charge in [-0.3, -0.25) is 9.59 Å². The van der Waals surface area contributed by atoms with Crippen LogP contribution >= 0.6 is 11.6 Å². The van der Waals surface area contributed by atoms with Gasteiger partial charge < -0.3 is 20.3 Å². The van der Waals surface area contributed by atoms with Gasteiger partial charge in [-0.15, -0.1) is 0 Å². The van der Waals surface area contributed by atoms with Gasteiger partial charge in [0.2, 0.25) is 5.91 Å². The van der Waals surface area contributed by atoms with Crippen LogP contribution in [0.5, 0.6) is 5.75 Å². The van der Waals surface area contributed by atoms with Gasteiger partial charge in [0.25, 0.3) is 5.91 Å². The fourth-order valence-corrected chi connectivity index (χ4v) is 1.98. The number of carbonyl (C=O) groups is 2. The molecule has 2 amide bonds. The summed E-state index contributed by atoms with van der Waals surface area (Å²) >= 11 is 5.80. The number of halogens is 1. The maximum atomic E-state index is 11.7. The quantitative estimate of drug-likeness (QED) is 0.585. The molecule has 128 valence electrons. The zero-order valence-corrected chi connectivity index (χ0v) is 14.6. The summed E-state index contributed by atoms with van der Waals surface area (Å²) in [4.78, 5) is 24.2. The second kappa shape index (κ2) is 10.1. The first-order valence-corrected chi connectivity index (χ1v) is 8.00. The summed E-state index contributed by atoms with van der Waals surface area (Å²) < 4.78 is 5.58. The number of benzene rings is 1. The first-order chi connectivity index (χ1) is 10.9. The molecular weight excluding hydrogens is 318 g/mol. The smallest absolute Gasteiger partial charge is 0.275 e. The van der Waals surface area contributed by atoms with Crippen LogP contribution in [0.3, 0.4) is 0 Å². The molecule has 0 saturated heterocycles. The minimum atomic E-state index is -0.183. The molecule has 1 rings (SSSR count). The van der Waals surface area contributed by atoms with E-state index in [0.717, 1.165) is 10.6 Å². The molecule has 3 N–H and O–H groups in total. The van der Waals surface area contributed by atoms with Crippen molar-refractivity contribution in [2.45, 2.75) is 19.9 Å². The molecule has 0 aliphatic rings. The van der Waals surface area contributed by atoms with Crippen molar-refractivity contribution in [2.24, 2.45) is 0 Å². The van der Waals surface area contributed by atoms with Crippen molar-refractivity contribution in [3.05, 3.63) is 29.3 Å². The van der Waals surface area contributed by atoms with E-state index >= 15 is 0 Å². The normalized spacial score (nSPS) is 11.9. The zero-order chi connectivity index (χ0) is 17.2. The van der Waals surface area contributed by atoms with Crippen LogP contribution in [0.1, 0.15) is 13.8 Å². The van der Waals surface area contributed by atoms with Gasteiger partial charge in [-0.25, -0.2) is 0 Å². The summed E-state index contributed by atoms with van der Waals surface area (Å²) in [5, 5.41) is 5.99. The predicted molar refractivity (Wildman–Crippen MR) is 89.9 cm³/mol. The lowest BCUT2D eigenvalue weighted by Crippen LogP contribution is -3.10. The molecule has 1 aromatic rings. The van der Waals surface area contributed by atoms with Crippen molar-refractivity contribution >= 4 is 23.4 Å². The van der Waals surface area contributed by atoms with Crippen molar-refractivity contribution in [3.63, 3.8) is 0 Å². The monoisotopic (exact) mass is 342 g/mol. The molecule has 0 aromatic heterocycles. The van der Waals surface area contributed by atoms with Crippen LogP contribution in [0.4, 0.5) is 0 Å². The fourth-order valence-electron chi connectivity index (χ4n) is 1.85. The van der Waals surface area contributed by atoms with Gasteiger partial charge in [0, 0.05) is 11.1 Å². The Hall–Kier alpha value is -1.79. The Balaban J connectivity index is 2.17. The summed E-state index contributed by atoms with van der Waals surface area (Å²) in [6.07, 6.45) is 0. The molecule has 6 nitrogen and oxygen atoms in total. The van der Waals surface area contributed by atoms with E-state index in [1.165, 1.54) is 0 Å². The van der Waals surface area contributed by atoms with Crippen LogP contribution in [0.15, 0.2) is 24.3 Å². The Bertz CT molecular complexity index is 506. The van der Waals surface area contributed by atoms with Crippen LogP contribution in [-0.2, 0) is 9.59 Å². The van der Waals surface area contributed by atoms with Gasteiger partial charge >= 0.3 is 0 Å². The Morgan fingerprint density at radius 3 is 2.48 bits per heavy atom. The minimum Gasteiger partial charge on any atom is -0.488 e. The number of carbonyl (C=O) groups excluding carboxylic acids is 2. The van der Waals surface area contributed by atoms with E-state index in [1.54, 1.807) is 24.3 Å². The highest BCUT2D eigenvalue weighted by Gasteiger charge is 2.11. The molecule has 0 fully saturated rings. The maximum Gasteiger partial charge on any atom is 0.275 e. The van der Waals surface area contributed by atoms with Crippen LogP contribution in [0, 0.1) is 0 Å². The average molecular weight is 343 g/mol. The standard InChI is InChI=1S/C16H24ClN3O3/c1-12(2)19-15(21)10-18-16(22)11-20(3)8-9-23-14-6-4-13(17)5-7-14/h4-7,12H,8-11H2,1-3H3,(H,18,22)(H,19,21)/p+1. The molecule has 7 heteroatoms. The first-order valence-electron chi connectivity index (χ1n) is 7.62. The molecule has 0 heterocycles. The molecule has 0 aliphatic carbocycles. The second-order valence-corrected chi connectivity index (χ2v) is 6.12. The lowest BCUT2D eigenvalue weighted by molar-refractivity contribution is -0.871. The first kappa shape index (κ1) is 19.3. The van der Waals surface area contributed by atoms with Crippen molar-refractivity contribution in [3.8, 4) is 5.75 Å². The van der Waals surface area contributed by atoms with E-state index < -0.39 is 0 Å². The van der Waals surface area contributed by atoms with E-state index in [9.17, 15) is 9.59 Å². The Kier molecular flexibility index (Phi) is 8.43. The van der Waals surface area contributed by atoms with E-state index in [0.29, 0.717) is 24.7 Å². The Labute approximate surface area is 142 Å². The second-order valence-electron chi connectivity index (χ2n) is 5.69. The van der Waals surface area contributed by atoms with Gasteiger partial charge in [-0.05, 0) is 38.1 Å². The molecule has 1 unspecified atom stereocenters. The lowest BCUT2D eigenvalue weighted by atomic mass is 10.3. The molecule has 0 aliphatic heterocycles. The highest BCUT2D eigenvalue weighted by molar-refractivity contribution is 6.30. The van der Waals surface area contributed by atoms with Crippen LogP contribution in [0.25, 0.3) is 0 Å². The van der Waals surface area contributed by atoms with E-state index in [1.807, 2.05) is 20.9 Å². The topological polar surface area (TPSA) is 71.9 Å². The average Bonchev–Trinajstić information content (AvgIpc) is 2.46. The molecule has 1 aromatic carbocycles. The third kappa shape index (κ3) is 9.05. The molecule has 0 radical (unpaired) electrons. The van der Waals surface area contributed by atoms with Crippen molar-refractivity contribution < 1.29 is 19.2 Å². The molecule has 0 spiro atoms. The van der Waals surface area contributed by atoms with Gasteiger partial charge in [0.05, 0.1) is 13.6 Å². The Morgan fingerprint density at radius 1 is 1.22 bits per heavy atom. The summed E-state index contributed by atoms with van der Waals surface area (Å²) in [6.45, 7) is 5.21. The minimum absolute atomic E-state index is 0.00552. The van der Waals surface area contributed by atoms with Crippen LogP contribution < -0.4 is 20.3 Å². The van der Waals surface area contributed by atoms with Crippen molar-refractivity contribution in [2.75, 3.05) is 33.3 Å². The summed E-state index contributed by atoms with van der Waals surface area (Å²) in [6, 6.07) is 7.21. The van der Waals surface area contributed by atoms with E-state index in [2.05, 4.69) is 10.6 Å². The number of rotatable bonds is 9. The van der Waals surface area contributed by atoms with E-state index in [4.69, 9.17) is 16.3 Å². The summed E-state index contributed by atoms with van der Waals surface area (Å²) in [7, 11) is 1.90. The van der Waals surface area contributed by atoms with Gasteiger partial charge in [-0.2, -0.15) is 0 Å². The SMILES string of the molecule is CC(C)NC(=O)CNC(=O)C[NH+](C)CCOc1ccc(Cl)cc1. The van der Waals surface area contributed by atoms with Gasteiger partial charge in [0.15, 0.2) is 6.54 Å². The summed E-state index contributed by atoms with van der Waals surface area (Å²) in [5.41, 5.74) is 0. The largest absolute Gasteiger partial charge is 0.488 e. The number of nitrogens with one attached hydrogen (secondary N) is 3. The molecule has 0 saturated carbocycles. The van der Waals surface area contributed by atoms with Crippen molar-refractivity contribution in [1.82, 2.24) is 10.6 Å². The van der Waals surface area contributed by atoms with E-state index in [-0.39, 0.29) is 24.4 Å². The Morgan fingerprint density at radius 2 is 1.87 bits per heavy atom. The number of quaternary nitrogens is 1. The highest BCUT2D eigenvalue weighted by atomic mass is 35.5. The number of hydrogen-bond donors (Lipinski definition) is 3. The fraction of sp³-hybridized carbons (Fsp3) is 0.500. The number of likely N-dealkylation sites (N-methyl/N-ethyl adjacent to an activating group) is 1.